The topological polar surface area (TPSA) is 75.4 Å². The molecular formula is C19H21N5O2S. The molecule has 8 heteroatoms. The summed E-state index contributed by atoms with van der Waals surface area (Å²) < 4.78 is 5.27. The van der Waals surface area contributed by atoms with Crippen LogP contribution in [-0.4, -0.2) is 52.1 Å². The molecule has 7 nitrogen and oxygen atoms in total. The molecule has 0 saturated carbocycles. The van der Waals surface area contributed by atoms with Crippen LogP contribution in [0.2, 0.25) is 0 Å². The molecule has 0 aliphatic carbocycles. The Labute approximate surface area is 161 Å². The molecule has 1 aromatic carbocycles. The molecule has 0 atom stereocenters. The summed E-state index contributed by atoms with van der Waals surface area (Å²) >= 11 is 1.71. The number of amides is 1. The number of nitrogens with zero attached hydrogens (tertiary/aromatic N) is 5. The number of piperazine rings is 1. The number of thiazole rings is 1. The van der Waals surface area contributed by atoms with Crippen molar-refractivity contribution in [3.63, 3.8) is 0 Å². The summed E-state index contributed by atoms with van der Waals surface area (Å²) in [5.41, 5.74) is 2.35. The minimum Gasteiger partial charge on any atom is -0.345 e. The Balaban J connectivity index is 1.50. The first kappa shape index (κ1) is 17.7. The molecule has 0 spiro atoms. The Morgan fingerprint density at radius 3 is 2.44 bits per heavy atom. The van der Waals surface area contributed by atoms with Crippen molar-refractivity contribution in [1.29, 1.82) is 0 Å². The van der Waals surface area contributed by atoms with E-state index in [4.69, 9.17) is 4.52 Å². The van der Waals surface area contributed by atoms with Crippen LogP contribution >= 0.6 is 11.3 Å². The maximum Gasteiger partial charge on any atom is 0.258 e. The van der Waals surface area contributed by atoms with E-state index in [1.807, 2.05) is 36.1 Å². The van der Waals surface area contributed by atoms with Crippen LogP contribution in [0.25, 0.3) is 11.5 Å². The Kier molecular flexibility index (Phi) is 4.65. The lowest BCUT2D eigenvalue weighted by Gasteiger charge is -2.34. The van der Waals surface area contributed by atoms with Crippen molar-refractivity contribution in [3.8, 4) is 11.5 Å². The third-order valence-corrected chi connectivity index (χ3v) is 5.90. The normalized spacial score (nSPS) is 14.6. The molecule has 27 heavy (non-hydrogen) atoms. The highest BCUT2D eigenvalue weighted by Gasteiger charge is 2.26. The van der Waals surface area contributed by atoms with Gasteiger partial charge >= 0.3 is 0 Å². The van der Waals surface area contributed by atoms with E-state index < -0.39 is 0 Å². The van der Waals surface area contributed by atoms with Crippen LogP contribution in [0, 0.1) is 20.8 Å². The van der Waals surface area contributed by atoms with Crippen molar-refractivity contribution < 1.29 is 9.32 Å². The van der Waals surface area contributed by atoms with Crippen LogP contribution in [0.4, 0.5) is 5.13 Å². The number of hydrogen-bond donors (Lipinski definition) is 0. The Morgan fingerprint density at radius 2 is 1.81 bits per heavy atom. The molecule has 4 rings (SSSR count). The van der Waals surface area contributed by atoms with Gasteiger partial charge in [-0.25, -0.2) is 4.98 Å². The number of benzene rings is 1. The highest BCUT2D eigenvalue weighted by molar-refractivity contribution is 7.15. The lowest BCUT2D eigenvalue weighted by atomic mass is 10.1. The van der Waals surface area contributed by atoms with E-state index in [0.717, 1.165) is 23.9 Å². The van der Waals surface area contributed by atoms with E-state index >= 15 is 0 Å². The van der Waals surface area contributed by atoms with Gasteiger partial charge in [-0.2, -0.15) is 4.98 Å². The minimum absolute atomic E-state index is 0.00685. The van der Waals surface area contributed by atoms with Gasteiger partial charge < -0.3 is 14.3 Å². The molecule has 1 amide bonds. The largest absolute Gasteiger partial charge is 0.345 e. The number of aromatic nitrogens is 3. The van der Waals surface area contributed by atoms with E-state index in [0.29, 0.717) is 35.9 Å². The summed E-state index contributed by atoms with van der Waals surface area (Å²) in [4.78, 5) is 27.4. The molecule has 3 heterocycles. The van der Waals surface area contributed by atoms with Gasteiger partial charge in [-0.15, -0.1) is 11.3 Å². The molecule has 140 valence electrons. The molecule has 0 unspecified atom stereocenters. The molecule has 3 aromatic rings. The summed E-state index contributed by atoms with van der Waals surface area (Å²) in [7, 11) is 0. The quantitative estimate of drug-likeness (QED) is 0.692. The van der Waals surface area contributed by atoms with Crippen LogP contribution in [0.3, 0.4) is 0 Å². The summed E-state index contributed by atoms with van der Waals surface area (Å²) in [5, 5.41) is 4.88. The SMILES string of the molecule is Cc1noc(-c2ccccc2C(=O)N2CCN(c3nc(C)c(C)s3)CC2)n1. The van der Waals surface area contributed by atoms with Crippen molar-refractivity contribution in [3.05, 3.63) is 46.2 Å². The van der Waals surface area contributed by atoms with E-state index in [-0.39, 0.29) is 5.91 Å². The summed E-state index contributed by atoms with van der Waals surface area (Å²) in [5.74, 6) is 0.923. The monoisotopic (exact) mass is 383 g/mol. The molecule has 1 fully saturated rings. The number of anilines is 1. The number of carbonyl (C=O) groups is 1. The van der Waals surface area contributed by atoms with Crippen molar-refractivity contribution in [2.24, 2.45) is 0 Å². The maximum absolute atomic E-state index is 13.1. The van der Waals surface area contributed by atoms with Gasteiger partial charge in [0.15, 0.2) is 11.0 Å². The standard InChI is InChI=1S/C19H21N5O2S/c1-12-13(2)27-19(20-12)24-10-8-23(9-11-24)18(25)16-7-5-4-6-15(16)17-21-14(3)22-26-17/h4-7H,8-11H2,1-3H3. The predicted molar refractivity (Wildman–Crippen MR) is 104 cm³/mol. The van der Waals surface area contributed by atoms with Crippen LogP contribution in [0.5, 0.6) is 0 Å². The second-order valence-corrected chi connectivity index (χ2v) is 7.79. The number of rotatable bonds is 3. The van der Waals surface area contributed by atoms with Gasteiger partial charge in [-0.3, -0.25) is 4.79 Å². The van der Waals surface area contributed by atoms with Gasteiger partial charge in [-0.1, -0.05) is 17.3 Å². The third-order valence-electron chi connectivity index (χ3n) is 4.77. The molecule has 1 saturated heterocycles. The highest BCUT2D eigenvalue weighted by Crippen LogP contribution is 2.27. The molecule has 1 aliphatic rings. The zero-order valence-corrected chi connectivity index (χ0v) is 16.4. The Hall–Kier alpha value is -2.74. The number of aryl methyl sites for hydroxylation is 3. The van der Waals surface area contributed by atoms with E-state index in [1.54, 1.807) is 18.3 Å². The third kappa shape index (κ3) is 3.44. The average molecular weight is 383 g/mol. The van der Waals surface area contributed by atoms with Crippen molar-refractivity contribution in [2.75, 3.05) is 31.1 Å². The smallest absolute Gasteiger partial charge is 0.258 e. The van der Waals surface area contributed by atoms with E-state index in [2.05, 4.69) is 26.9 Å². The molecule has 2 aromatic heterocycles. The number of hydrogen-bond acceptors (Lipinski definition) is 7. The van der Waals surface area contributed by atoms with Crippen LogP contribution < -0.4 is 4.90 Å². The van der Waals surface area contributed by atoms with Crippen molar-refractivity contribution in [2.45, 2.75) is 20.8 Å². The second kappa shape index (κ2) is 7.11. The first-order valence-corrected chi connectivity index (χ1v) is 9.72. The van der Waals surface area contributed by atoms with Crippen molar-refractivity contribution >= 4 is 22.4 Å². The summed E-state index contributed by atoms with van der Waals surface area (Å²) in [6.45, 7) is 8.76. The fourth-order valence-electron chi connectivity index (χ4n) is 3.12. The van der Waals surface area contributed by atoms with Gasteiger partial charge in [0.2, 0.25) is 0 Å². The lowest BCUT2D eigenvalue weighted by Crippen LogP contribution is -2.48. The van der Waals surface area contributed by atoms with Crippen LogP contribution in [0.1, 0.15) is 26.8 Å². The zero-order valence-electron chi connectivity index (χ0n) is 15.6. The Morgan fingerprint density at radius 1 is 1.07 bits per heavy atom. The first-order chi connectivity index (χ1) is 13.0. The van der Waals surface area contributed by atoms with Gasteiger partial charge in [0.05, 0.1) is 16.8 Å². The maximum atomic E-state index is 13.1. The molecule has 0 bridgehead atoms. The summed E-state index contributed by atoms with van der Waals surface area (Å²) in [6, 6.07) is 7.39. The van der Waals surface area contributed by atoms with E-state index in [1.165, 1.54) is 4.88 Å². The predicted octanol–water partition coefficient (Wildman–Crippen LogP) is 3.08. The van der Waals surface area contributed by atoms with Gasteiger partial charge in [0, 0.05) is 31.1 Å². The number of carbonyl (C=O) groups excluding carboxylic acids is 1. The minimum atomic E-state index is -0.00685. The zero-order chi connectivity index (χ0) is 19.0. The van der Waals surface area contributed by atoms with Gasteiger partial charge in [0.1, 0.15) is 0 Å². The van der Waals surface area contributed by atoms with Gasteiger partial charge in [-0.05, 0) is 32.9 Å². The van der Waals surface area contributed by atoms with Crippen molar-refractivity contribution in [1.82, 2.24) is 20.0 Å². The molecule has 0 radical (unpaired) electrons. The summed E-state index contributed by atoms with van der Waals surface area (Å²) in [6.07, 6.45) is 0. The van der Waals surface area contributed by atoms with Crippen LogP contribution in [-0.2, 0) is 0 Å². The average Bonchev–Trinajstić information content (AvgIpc) is 3.27. The van der Waals surface area contributed by atoms with E-state index in [9.17, 15) is 4.79 Å². The fraction of sp³-hybridized carbons (Fsp3) is 0.368. The fourth-order valence-corrected chi connectivity index (χ4v) is 4.09. The molecule has 0 N–H and O–H groups in total. The van der Waals surface area contributed by atoms with Gasteiger partial charge in [0.25, 0.3) is 11.8 Å². The lowest BCUT2D eigenvalue weighted by molar-refractivity contribution is 0.0747. The Bertz CT molecular complexity index is 953. The molecule has 1 aliphatic heterocycles. The highest BCUT2D eigenvalue weighted by atomic mass is 32.1. The second-order valence-electron chi connectivity index (χ2n) is 6.61. The first-order valence-electron chi connectivity index (χ1n) is 8.91. The molecular weight excluding hydrogens is 362 g/mol. The van der Waals surface area contributed by atoms with Crippen LogP contribution in [0.15, 0.2) is 28.8 Å².